The molecule has 0 saturated carbocycles. The Labute approximate surface area is 398 Å². The van der Waals surface area contributed by atoms with Crippen molar-refractivity contribution in [3.63, 3.8) is 0 Å². The molecule has 2 aliphatic heterocycles. The fourth-order valence-electron chi connectivity index (χ4n) is 7.23. The van der Waals surface area contributed by atoms with Gasteiger partial charge in [0.25, 0.3) is 0 Å². The van der Waals surface area contributed by atoms with Crippen LogP contribution in [0.4, 0.5) is 0 Å². The van der Waals surface area contributed by atoms with Crippen LogP contribution in [0.15, 0.2) is 24.3 Å². The van der Waals surface area contributed by atoms with Gasteiger partial charge in [0.15, 0.2) is 0 Å². The molecule has 372 valence electrons. The number of phenols is 1. The summed E-state index contributed by atoms with van der Waals surface area (Å²) < 4.78 is 0. The quantitative estimate of drug-likeness (QED) is 0.0527. The van der Waals surface area contributed by atoms with E-state index in [0.717, 1.165) is 0 Å². The van der Waals surface area contributed by atoms with Crippen LogP contribution in [0.25, 0.3) is 0 Å². The number of amides is 10. The zero-order valence-electron chi connectivity index (χ0n) is 38.2. The van der Waals surface area contributed by atoms with Crippen molar-refractivity contribution in [2.24, 2.45) is 34.8 Å². The first-order valence-corrected chi connectivity index (χ1v) is 26.3. The van der Waals surface area contributed by atoms with Gasteiger partial charge in [0, 0.05) is 0 Å². The van der Waals surface area contributed by atoms with Gasteiger partial charge in [0.05, 0.1) is 0 Å². The summed E-state index contributed by atoms with van der Waals surface area (Å²) in [5, 5.41) is 28.7. The number of rotatable bonds is 17. The molecule has 23 nitrogen and oxygen atoms in total. The summed E-state index contributed by atoms with van der Waals surface area (Å²) in [6, 6.07) is -3.43. The number of nitrogens with two attached hydrogens (primary N) is 4. The number of phenolic OH excluding ortho intramolecular Hbond substituents is 1. The predicted molar refractivity (Wildman–Crippen MR) is 247 cm³/mol. The molecule has 16 N–H and O–H groups in total. The molecular weight excluding hydrogens is 960 g/mol. The van der Waals surface area contributed by atoms with Gasteiger partial charge in [-0.15, -0.1) is 0 Å². The Kier molecular flexibility index (Phi) is 22.8. The molecule has 1 aromatic rings. The van der Waals surface area contributed by atoms with Gasteiger partial charge in [-0.1, -0.05) is 0 Å². The van der Waals surface area contributed by atoms with Crippen molar-refractivity contribution in [3.05, 3.63) is 29.8 Å². The second-order valence-electron chi connectivity index (χ2n) is 17.1. The van der Waals surface area contributed by atoms with Crippen LogP contribution in [0.1, 0.15) is 78.2 Å². The number of nitrogens with zero attached hydrogens (tertiary/aromatic N) is 1. The Bertz CT molecular complexity index is 1950. The third kappa shape index (κ3) is 18.6. The van der Waals surface area contributed by atoms with Crippen LogP contribution in [0.2, 0.25) is 5.32 Å². The van der Waals surface area contributed by atoms with E-state index >= 15 is 0 Å². The number of carbonyl (C=O) groups excluding carboxylic acids is 10. The van der Waals surface area contributed by atoms with Crippen molar-refractivity contribution >= 4 is 83.1 Å². The number of benzene rings is 1. The maximum atomic E-state index is 14.5. The monoisotopic (exact) mass is 1030 g/mol. The normalized spacial score (nSPS) is 24.8. The van der Waals surface area contributed by atoms with E-state index in [1.807, 2.05) is 13.8 Å². The Morgan fingerprint density at radius 1 is 0.836 bits per heavy atom. The number of hydrogen-bond donors (Lipinski definition) is 12. The predicted octanol–water partition coefficient (Wildman–Crippen LogP) is -3.79. The number of aromatic hydroxyl groups is 1. The molecule has 9 atom stereocenters. The second-order valence-corrected chi connectivity index (χ2v) is 21.5. The number of carbonyl (C=O) groups is 10. The first-order chi connectivity index (χ1) is 31.6. The van der Waals surface area contributed by atoms with Crippen LogP contribution in [0.5, 0.6) is 5.75 Å². The van der Waals surface area contributed by atoms with Crippen molar-refractivity contribution in [2.45, 2.75) is 133 Å². The van der Waals surface area contributed by atoms with E-state index in [1.165, 1.54) is 27.2 Å². The fraction of sp³-hybridized carbons (Fsp3) is 0.619. The molecule has 2 heterocycles. The minimum atomic E-state index is -1.71. The van der Waals surface area contributed by atoms with Crippen LogP contribution >= 0.6 is 10.2 Å². The molecule has 0 spiro atoms. The molecule has 0 bridgehead atoms. The van der Waals surface area contributed by atoms with Crippen molar-refractivity contribution < 1.29 is 53.1 Å². The van der Waals surface area contributed by atoms with E-state index < -0.39 is 140 Å². The van der Waals surface area contributed by atoms with Gasteiger partial charge < -0.3 is 11.5 Å². The molecule has 1 aromatic carbocycles. The van der Waals surface area contributed by atoms with E-state index in [1.54, 1.807) is 26.0 Å². The van der Waals surface area contributed by atoms with Crippen molar-refractivity contribution in [1.82, 2.24) is 42.1 Å². The summed E-state index contributed by atoms with van der Waals surface area (Å²) in [6.07, 6.45) is -0.788. The van der Waals surface area contributed by atoms with Crippen LogP contribution in [0, 0.1) is 11.8 Å². The molecule has 25 heteroatoms. The van der Waals surface area contributed by atoms with E-state index in [9.17, 15) is 53.1 Å². The minimum absolute atomic E-state index is 0.0321. The molecule has 67 heavy (non-hydrogen) atoms. The van der Waals surface area contributed by atoms with Gasteiger partial charge in [-0.05, 0) is 0 Å². The first-order valence-electron chi connectivity index (χ1n) is 22.1. The molecule has 2 fully saturated rings. The summed E-state index contributed by atoms with van der Waals surface area (Å²) in [5.41, 5.74) is 23.1. The summed E-state index contributed by atoms with van der Waals surface area (Å²) in [4.78, 5) is 135. The molecule has 2 aliphatic rings. The average Bonchev–Trinajstić information content (AvgIpc) is 3.76. The van der Waals surface area contributed by atoms with Crippen molar-refractivity contribution in [3.8, 4) is 5.75 Å². The van der Waals surface area contributed by atoms with Gasteiger partial charge in [-0.2, -0.15) is 0 Å². The molecule has 0 radical (unpaired) electrons. The van der Waals surface area contributed by atoms with Crippen LogP contribution in [-0.2, 0) is 54.4 Å². The van der Waals surface area contributed by atoms with E-state index in [4.69, 9.17) is 22.9 Å². The first kappa shape index (κ1) is 55.8. The number of nitrogens with one attached hydrogen (secondary N) is 7. The average molecular weight is 1030 g/mol. The molecular formula is C42H66N12O11SSe. The molecule has 2 saturated heterocycles. The van der Waals surface area contributed by atoms with Gasteiger partial charge in [-0.25, -0.2) is 0 Å². The third-order valence-electron chi connectivity index (χ3n) is 11.1. The maximum absolute atomic E-state index is 14.5. The molecule has 3 rings (SSSR count). The Balaban J connectivity index is 2.05. The molecule has 10 amide bonds. The van der Waals surface area contributed by atoms with Crippen molar-refractivity contribution in [2.75, 3.05) is 18.8 Å². The fourth-order valence-corrected chi connectivity index (χ4v) is 11.2. The zero-order valence-corrected chi connectivity index (χ0v) is 40.7. The summed E-state index contributed by atoms with van der Waals surface area (Å²) in [5.74, 6) is -8.65. The van der Waals surface area contributed by atoms with Crippen LogP contribution in [-0.4, -0.2) is 150 Å². The van der Waals surface area contributed by atoms with Gasteiger partial charge in [-0.3, -0.25) is 9.59 Å². The van der Waals surface area contributed by atoms with Crippen LogP contribution < -0.4 is 60.2 Å². The van der Waals surface area contributed by atoms with Gasteiger partial charge in [0.1, 0.15) is 0 Å². The van der Waals surface area contributed by atoms with E-state index in [2.05, 4.69) is 37.2 Å². The number of primary amides is 3. The number of likely N-dealkylation sites (tertiary alicyclic amines) is 1. The zero-order chi connectivity index (χ0) is 50.0. The van der Waals surface area contributed by atoms with Gasteiger partial charge in [0.2, 0.25) is 0 Å². The summed E-state index contributed by atoms with van der Waals surface area (Å²) in [7, 11) is 1.19. The second kappa shape index (κ2) is 27.4. The molecule has 0 aliphatic carbocycles. The van der Waals surface area contributed by atoms with Crippen molar-refractivity contribution in [1.29, 1.82) is 0 Å². The topological polar surface area (TPSA) is 382 Å². The van der Waals surface area contributed by atoms with E-state index in [0.29, 0.717) is 24.8 Å². The van der Waals surface area contributed by atoms with Gasteiger partial charge >= 0.3 is 379 Å². The molecule has 0 unspecified atom stereocenters. The Hall–Kier alpha value is -5.49. The standard InChI is InChI=1S/C42H66N12O11SSe/c1-5-22(4)35-41(64)48-26(12-13-31(44)56)37(60)50-28(17-32(45)57)38(61)51-29(42(65)54-14-6-7-30(54)40(63)52-34(15-21(2)3)47-18-33(46)58)19-66-67-20-25(43)36(59)49-27(39(62)53-35)16-23-8-10-24(55)11-9-23/h8-11,21-22,25-30,34-35,47,55H,5-7,12-20,43H2,1-4H3,(H2,44,56)(H2,45,57)(H2,46,58)(H,48,64)(H,49,59)(H,50,60)(H,51,61)(H,52,63)(H,53,62)/t22-,25-,26-,27-,28-,29-,30-,34-,35-/m0/s1. The number of hydrogen-bond acceptors (Lipinski definition) is 14. The van der Waals surface area contributed by atoms with E-state index in [-0.39, 0.29) is 55.1 Å². The third-order valence-corrected chi connectivity index (χ3v) is 15.3. The SMILES string of the molecule is CC[C@H](C)[C@@H]1NC(=O)[C@H](Cc2ccc(O)cc2)NC(=O)[C@@H](N)C[Se]SC[C@@H](C(=O)N2CCC[C@H]2C(=O)N[C@@H](CC(C)C)NCC(N)=O)NC(=O)[C@H](CC(N)=O)NC(=O)[C@H](CCC(N)=O)NC1=O. The molecule has 0 aromatic heterocycles. The summed E-state index contributed by atoms with van der Waals surface area (Å²) >= 11 is -0.540. The Morgan fingerprint density at radius 2 is 1.46 bits per heavy atom. The Morgan fingerprint density at radius 3 is 2.07 bits per heavy atom. The van der Waals surface area contributed by atoms with Crippen LogP contribution in [0.3, 0.4) is 0 Å². The summed E-state index contributed by atoms with van der Waals surface area (Å²) in [6.45, 7) is 7.18.